The minimum Gasteiger partial charge on any atom is -0.490 e. The summed E-state index contributed by atoms with van der Waals surface area (Å²) in [7, 11) is 0. The highest BCUT2D eigenvalue weighted by Crippen LogP contribution is 2.39. The fraction of sp³-hybridized carbons (Fsp3) is 0.481. The van der Waals surface area contributed by atoms with E-state index in [1.165, 1.54) is 0 Å². The third kappa shape index (κ3) is 5.24. The summed E-state index contributed by atoms with van der Waals surface area (Å²) < 4.78 is 19.7. The molecule has 1 aliphatic carbocycles. The van der Waals surface area contributed by atoms with Gasteiger partial charge in [-0.05, 0) is 57.6 Å². The maximum absolute atomic E-state index is 12.4. The zero-order chi connectivity index (χ0) is 26.1. The number of fused-ring (bicyclic) bond motifs is 1. The highest BCUT2D eigenvalue weighted by molar-refractivity contribution is 6.06. The van der Waals surface area contributed by atoms with Crippen molar-refractivity contribution in [1.29, 1.82) is 0 Å². The summed E-state index contributed by atoms with van der Waals surface area (Å²) in [5.41, 5.74) is 7.70. The van der Waals surface area contributed by atoms with Crippen LogP contribution >= 0.6 is 0 Å². The summed E-state index contributed by atoms with van der Waals surface area (Å²) in [5.74, 6) is 0.218. The molecule has 3 N–H and O–H groups in total. The van der Waals surface area contributed by atoms with E-state index in [9.17, 15) is 9.59 Å². The molecule has 1 saturated carbocycles. The molecule has 3 heterocycles. The van der Waals surface area contributed by atoms with Gasteiger partial charge in [-0.3, -0.25) is 14.3 Å². The second kappa shape index (κ2) is 10.4. The van der Waals surface area contributed by atoms with Crippen molar-refractivity contribution < 1.29 is 23.8 Å². The molecule has 1 aliphatic heterocycles. The van der Waals surface area contributed by atoms with Gasteiger partial charge in [0.05, 0.1) is 36.1 Å². The van der Waals surface area contributed by atoms with Crippen LogP contribution < -0.4 is 20.5 Å². The number of hydrogen-bond acceptors (Lipinski definition) is 7. The predicted molar refractivity (Wildman–Crippen MR) is 138 cm³/mol. The SMILES string of the molecule is CCOC1CC(n2cc(-c3cnc(OCC4CCC(=O)N4)c4cc(OC(C)C)c(C(N)=O)cc34)cn2)C1. The summed E-state index contributed by atoms with van der Waals surface area (Å²) in [6.45, 7) is 6.79. The van der Waals surface area contributed by atoms with Gasteiger partial charge < -0.3 is 25.3 Å². The van der Waals surface area contributed by atoms with E-state index in [-0.39, 0.29) is 29.7 Å². The first-order valence-corrected chi connectivity index (χ1v) is 12.8. The van der Waals surface area contributed by atoms with Gasteiger partial charge in [-0.25, -0.2) is 4.98 Å². The Bertz CT molecular complexity index is 1310. The lowest BCUT2D eigenvalue weighted by Gasteiger charge is -2.34. The molecule has 1 unspecified atom stereocenters. The molecular weight excluding hydrogens is 474 g/mol. The van der Waals surface area contributed by atoms with Crippen molar-refractivity contribution in [3.05, 3.63) is 36.3 Å². The van der Waals surface area contributed by atoms with E-state index < -0.39 is 5.91 Å². The average molecular weight is 508 g/mol. The molecule has 10 heteroatoms. The molecule has 10 nitrogen and oxygen atoms in total. The van der Waals surface area contributed by atoms with E-state index >= 15 is 0 Å². The Kier molecular flexibility index (Phi) is 7.01. The van der Waals surface area contributed by atoms with E-state index in [1.807, 2.05) is 37.8 Å². The Morgan fingerprint density at radius 1 is 1.24 bits per heavy atom. The van der Waals surface area contributed by atoms with Gasteiger partial charge in [0, 0.05) is 41.9 Å². The first-order chi connectivity index (χ1) is 17.8. The van der Waals surface area contributed by atoms with Crippen molar-refractivity contribution >= 4 is 22.6 Å². The first-order valence-electron chi connectivity index (χ1n) is 12.8. The number of nitrogens with two attached hydrogens (primary N) is 1. The average Bonchev–Trinajstić information content (AvgIpc) is 3.47. The van der Waals surface area contributed by atoms with Crippen LogP contribution in [0.15, 0.2) is 30.7 Å². The van der Waals surface area contributed by atoms with Crippen molar-refractivity contribution in [1.82, 2.24) is 20.1 Å². The molecule has 196 valence electrons. The molecule has 0 bridgehead atoms. The lowest BCUT2D eigenvalue weighted by atomic mass is 9.89. The normalized spacial score (nSPS) is 21.2. The van der Waals surface area contributed by atoms with Crippen LogP contribution in [0.1, 0.15) is 62.9 Å². The van der Waals surface area contributed by atoms with Crippen LogP contribution in [0.25, 0.3) is 21.9 Å². The van der Waals surface area contributed by atoms with E-state index in [4.69, 9.17) is 19.9 Å². The van der Waals surface area contributed by atoms with Crippen LogP contribution in [0.5, 0.6) is 11.6 Å². The Labute approximate surface area is 215 Å². The van der Waals surface area contributed by atoms with Crippen molar-refractivity contribution in [3.8, 4) is 22.8 Å². The number of benzene rings is 1. The fourth-order valence-electron chi connectivity index (χ4n) is 4.92. The van der Waals surface area contributed by atoms with Crippen LogP contribution in [0.4, 0.5) is 0 Å². The van der Waals surface area contributed by atoms with Crippen LogP contribution in [0, 0.1) is 0 Å². The number of rotatable bonds is 10. The van der Waals surface area contributed by atoms with Gasteiger partial charge in [0.2, 0.25) is 11.8 Å². The summed E-state index contributed by atoms with van der Waals surface area (Å²) >= 11 is 0. The molecule has 37 heavy (non-hydrogen) atoms. The van der Waals surface area contributed by atoms with Crippen LogP contribution in [-0.2, 0) is 9.53 Å². The molecular formula is C27H33N5O5. The lowest BCUT2D eigenvalue weighted by molar-refractivity contribution is -0.119. The van der Waals surface area contributed by atoms with Crippen molar-refractivity contribution in [3.63, 3.8) is 0 Å². The number of amides is 2. The van der Waals surface area contributed by atoms with Crippen LogP contribution in [0.2, 0.25) is 0 Å². The maximum Gasteiger partial charge on any atom is 0.252 e. The second-order valence-electron chi connectivity index (χ2n) is 9.93. The quantitative estimate of drug-likeness (QED) is 0.430. The summed E-state index contributed by atoms with van der Waals surface area (Å²) in [4.78, 5) is 28.6. The van der Waals surface area contributed by atoms with Crippen LogP contribution in [0.3, 0.4) is 0 Å². The molecule has 0 spiro atoms. The zero-order valence-corrected chi connectivity index (χ0v) is 21.4. The van der Waals surface area contributed by atoms with Gasteiger partial charge in [-0.2, -0.15) is 5.10 Å². The molecule has 2 amide bonds. The predicted octanol–water partition coefficient (Wildman–Crippen LogP) is 3.38. The third-order valence-corrected chi connectivity index (χ3v) is 6.84. The maximum atomic E-state index is 12.4. The molecule has 2 aliphatic rings. The molecule has 5 rings (SSSR count). The topological polar surface area (TPSA) is 131 Å². The number of nitrogens with one attached hydrogen (secondary N) is 1. The molecule has 0 radical (unpaired) electrons. The Morgan fingerprint density at radius 3 is 2.73 bits per heavy atom. The van der Waals surface area contributed by atoms with E-state index in [0.29, 0.717) is 49.1 Å². The minimum atomic E-state index is -0.580. The molecule has 1 atom stereocenters. The Hall–Kier alpha value is -3.66. The summed E-state index contributed by atoms with van der Waals surface area (Å²) in [5, 5.41) is 8.95. The monoisotopic (exact) mass is 507 g/mol. The van der Waals surface area contributed by atoms with Gasteiger partial charge in [0.15, 0.2) is 0 Å². The largest absolute Gasteiger partial charge is 0.490 e. The first kappa shape index (κ1) is 25.0. The number of ether oxygens (including phenoxy) is 3. The summed E-state index contributed by atoms with van der Waals surface area (Å²) in [6, 6.07) is 3.72. The molecule has 1 saturated heterocycles. The van der Waals surface area contributed by atoms with E-state index in [1.54, 1.807) is 18.3 Å². The Balaban J connectivity index is 1.52. The zero-order valence-electron chi connectivity index (χ0n) is 21.4. The smallest absolute Gasteiger partial charge is 0.252 e. The number of pyridine rings is 1. The lowest BCUT2D eigenvalue weighted by Crippen LogP contribution is -2.33. The number of aromatic nitrogens is 3. The van der Waals surface area contributed by atoms with Gasteiger partial charge >= 0.3 is 0 Å². The van der Waals surface area contributed by atoms with E-state index in [0.717, 1.165) is 29.4 Å². The molecule has 2 aromatic heterocycles. The van der Waals surface area contributed by atoms with E-state index in [2.05, 4.69) is 15.4 Å². The second-order valence-corrected chi connectivity index (χ2v) is 9.93. The fourth-order valence-corrected chi connectivity index (χ4v) is 4.92. The van der Waals surface area contributed by atoms with Crippen molar-refractivity contribution in [2.75, 3.05) is 13.2 Å². The van der Waals surface area contributed by atoms with Gasteiger partial charge in [-0.1, -0.05) is 0 Å². The van der Waals surface area contributed by atoms with Gasteiger partial charge in [0.25, 0.3) is 5.91 Å². The highest BCUT2D eigenvalue weighted by Gasteiger charge is 2.32. The highest BCUT2D eigenvalue weighted by atomic mass is 16.5. The van der Waals surface area contributed by atoms with Crippen molar-refractivity contribution in [2.24, 2.45) is 5.73 Å². The number of carbonyl (C=O) groups excluding carboxylic acids is 2. The third-order valence-electron chi connectivity index (χ3n) is 6.84. The number of nitrogens with zero attached hydrogens (tertiary/aromatic N) is 3. The number of carbonyl (C=O) groups is 2. The summed E-state index contributed by atoms with van der Waals surface area (Å²) in [6.07, 6.45) is 8.72. The standard InChI is InChI=1S/C27H33N5O5/c1-4-35-19-7-18(8-19)32-13-16(11-30-32)23-12-29-27(36-14-17-5-6-25(33)31-17)21-10-24(37-15(2)3)22(26(28)34)9-20(21)23/h9-13,15,17-19H,4-8,14H2,1-3H3,(H2,28,34)(H,31,33). The molecule has 1 aromatic carbocycles. The minimum absolute atomic E-state index is 0.0246. The molecule has 2 fully saturated rings. The van der Waals surface area contributed by atoms with Crippen LogP contribution in [-0.4, -0.2) is 58.0 Å². The van der Waals surface area contributed by atoms with Gasteiger partial charge in [0.1, 0.15) is 12.4 Å². The van der Waals surface area contributed by atoms with Crippen molar-refractivity contribution in [2.45, 2.75) is 70.7 Å². The number of primary amides is 1. The molecule has 3 aromatic rings. The number of hydrogen-bond donors (Lipinski definition) is 2. The Morgan fingerprint density at radius 2 is 2.05 bits per heavy atom. The van der Waals surface area contributed by atoms with Gasteiger partial charge in [-0.15, -0.1) is 0 Å².